The number of aromatic amines is 1. The van der Waals surface area contributed by atoms with Crippen LogP contribution in [0.3, 0.4) is 0 Å². The summed E-state index contributed by atoms with van der Waals surface area (Å²) >= 11 is 0. The molecule has 9 nitrogen and oxygen atoms in total. The van der Waals surface area contributed by atoms with Crippen molar-refractivity contribution in [3.05, 3.63) is 139 Å². The highest BCUT2D eigenvalue weighted by atomic mass is 19.4. The second-order valence-corrected chi connectivity index (χ2v) is 13.0. The maximum atomic E-state index is 15.3. The normalized spacial score (nSPS) is 16.2. The number of amides is 2. The number of carbonyl (C=O) groups excluding carboxylic acids is 2. The summed E-state index contributed by atoms with van der Waals surface area (Å²) in [6.45, 7) is 0.337. The standard InChI is InChI=1S/C38H27F7N6O3/c1-19-10-29-34(38(43,44)45)50-51(35(29)37(19,41)42)18-32(53)49-30(13-21-11-24(39)15-25(40)12-21)33-27(22-4-5-23-17-47-36(54)28(23)14-22)8-7-26(48-33)6-2-20-3-9-31(52)46-16-20/h3-5,7-9,11-12,14-16,19,30H,10,13,17-18H2,1H3,(H,46,52)(H,47,54)(H,49,53)/t19-,30+/m1/s1. The summed E-state index contributed by atoms with van der Waals surface area (Å²) in [6, 6.07) is 12.2. The highest BCUT2D eigenvalue weighted by molar-refractivity contribution is 5.99. The van der Waals surface area contributed by atoms with Gasteiger partial charge in [-0.05, 0) is 71.9 Å². The third-order valence-corrected chi connectivity index (χ3v) is 9.23. The lowest BCUT2D eigenvalue weighted by Gasteiger charge is -2.23. The lowest BCUT2D eigenvalue weighted by atomic mass is 9.93. The average Bonchev–Trinajstić information content (AvgIpc) is 3.73. The van der Waals surface area contributed by atoms with Crippen LogP contribution >= 0.6 is 0 Å². The third-order valence-electron chi connectivity index (χ3n) is 9.23. The molecular formula is C38H27F7N6O3. The Morgan fingerprint density at radius 2 is 1.78 bits per heavy atom. The SMILES string of the molecule is C[C@@H]1Cc2c(C(F)(F)F)nn(CC(=O)N[C@@H](Cc3cc(F)cc(F)c3)c3nc(C#Cc4ccc(=O)[nH]c4)ccc3-c3ccc4c(c3)C(=O)NC4)c2C1(F)F. The highest BCUT2D eigenvalue weighted by Gasteiger charge is 2.54. The predicted octanol–water partition coefficient (Wildman–Crippen LogP) is 5.96. The van der Waals surface area contributed by atoms with Crippen molar-refractivity contribution in [2.45, 2.75) is 51.0 Å². The number of aromatic nitrogens is 4. The summed E-state index contributed by atoms with van der Waals surface area (Å²) in [7, 11) is 0. The molecule has 276 valence electrons. The molecule has 2 aliphatic rings. The number of hydrogen-bond donors (Lipinski definition) is 3. The molecule has 2 atom stereocenters. The number of carbonyl (C=O) groups is 2. The van der Waals surface area contributed by atoms with Crippen molar-refractivity contribution in [2.24, 2.45) is 5.92 Å². The maximum Gasteiger partial charge on any atom is 0.435 e. The summed E-state index contributed by atoms with van der Waals surface area (Å²) in [5.41, 5.74) is -1.03. The van der Waals surface area contributed by atoms with Gasteiger partial charge in [-0.2, -0.15) is 27.1 Å². The third kappa shape index (κ3) is 7.08. The molecule has 54 heavy (non-hydrogen) atoms. The zero-order valence-electron chi connectivity index (χ0n) is 28.0. The van der Waals surface area contributed by atoms with Crippen LogP contribution in [0.2, 0.25) is 0 Å². The molecule has 3 aromatic heterocycles. The topological polar surface area (TPSA) is 122 Å². The first-order valence-corrected chi connectivity index (χ1v) is 16.5. The van der Waals surface area contributed by atoms with Gasteiger partial charge >= 0.3 is 6.18 Å². The van der Waals surface area contributed by atoms with Crippen molar-refractivity contribution in [1.82, 2.24) is 30.4 Å². The minimum Gasteiger partial charge on any atom is -0.348 e. The molecule has 4 heterocycles. The molecule has 5 aromatic rings. The van der Waals surface area contributed by atoms with E-state index in [1.807, 2.05) is 0 Å². The number of pyridine rings is 2. The molecule has 2 aromatic carbocycles. The van der Waals surface area contributed by atoms with Gasteiger partial charge in [0, 0.05) is 53.0 Å². The van der Waals surface area contributed by atoms with Gasteiger partial charge in [-0.3, -0.25) is 19.1 Å². The Bertz CT molecular complexity index is 2420. The van der Waals surface area contributed by atoms with Crippen molar-refractivity contribution in [1.29, 1.82) is 0 Å². The molecule has 1 aliphatic heterocycles. The van der Waals surface area contributed by atoms with Gasteiger partial charge < -0.3 is 15.6 Å². The van der Waals surface area contributed by atoms with Crippen LogP contribution in [0.25, 0.3) is 11.1 Å². The molecule has 0 unspecified atom stereocenters. The number of halogens is 7. The average molecular weight is 749 g/mol. The molecule has 16 heteroatoms. The van der Waals surface area contributed by atoms with Crippen molar-refractivity contribution >= 4 is 11.8 Å². The Hall–Kier alpha value is -6.24. The Labute approximate surface area is 301 Å². The summed E-state index contributed by atoms with van der Waals surface area (Å²) in [4.78, 5) is 45.0. The lowest BCUT2D eigenvalue weighted by Crippen LogP contribution is -2.35. The van der Waals surface area contributed by atoms with Crippen molar-refractivity contribution < 1.29 is 40.3 Å². The second kappa shape index (κ2) is 13.6. The van der Waals surface area contributed by atoms with E-state index in [1.54, 1.807) is 30.3 Å². The first kappa shape index (κ1) is 36.1. The predicted molar refractivity (Wildman–Crippen MR) is 179 cm³/mol. The fourth-order valence-corrected chi connectivity index (χ4v) is 6.69. The smallest absolute Gasteiger partial charge is 0.348 e. The van der Waals surface area contributed by atoms with E-state index < -0.39 is 71.5 Å². The minimum absolute atomic E-state index is 0.0447. The largest absolute Gasteiger partial charge is 0.435 e. The van der Waals surface area contributed by atoms with E-state index in [0.29, 0.717) is 39.5 Å². The maximum absolute atomic E-state index is 15.3. The molecule has 0 radical (unpaired) electrons. The fourth-order valence-electron chi connectivity index (χ4n) is 6.69. The Morgan fingerprint density at radius 3 is 2.48 bits per heavy atom. The Kier molecular flexibility index (Phi) is 9.12. The first-order chi connectivity index (χ1) is 25.6. The Morgan fingerprint density at radius 1 is 1.02 bits per heavy atom. The number of benzene rings is 2. The molecule has 7 rings (SSSR count). The van der Waals surface area contributed by atoms with E-state index in [9.17, 15) is 36.3 Å². The van der Waals surface area contributed by atoms with E-state index in [0.717, 1.165) is 24.6 Å². The highest BCUT2D eigenvalue weighted by Crippen LogP contribution is 2.49. The van der Waals surface area contributed by atoms with Crippen molar-refractivity contribution in [2.75, 3.05) is 0 Å². The van der Waals surface area contributed by atoms with Crippen LogP contribution in [0, 0.1) is 29.4 Å². The van der Waals surface area contributed by atoms with Gasteiger partial charge in [0.05, 0.1) is 11.7 Å². The summed E-state index contributed by atoms with van der Waals surface area (Å²) in [5, 5.41) is 8.74. The van der Waals surface area contributed by atoms with Gasteiger partial charge in [0.1, 0.15) is 29.6 Å². The molecule has 0 bridgehead atoms. The van der Waals surface area contributed by atoms with Crippen molar-refractivity contribution in [3.8, 4) is 23.0 Å². The van der Waals surface area contributed by atoms with E-state index >= 15 is 8.78 Å². The molecular weight excluding hydrogens is 721 g/mol. The molecule has 2 amide bonds. The summed E-state index contributed by atoms with van der Waals surface area (Å²) in [5.74, 6) is -2.77. The number of alkyl halides is 5. The second-order valence-electron chi connectivity index (χ2n) is 13.0. The van der Waals surface area contributed by atoms with Gasteiger partial charge in [0.25, 0.3) is 11.8 Å². The van der Waals surface area contributed by atoms with Crippen LogP contribution in [-0.2, 0) is 42.8 Å². The van der Waals surface area contributed by atoms with Crippen LogP contribution in [0.4, 0.5) is 30.7 Å². The van der Waals surface area contributed by atoms with Gasteiger partial charge in [0.2, 0.25) is 11.5 Å². The van der Waals surface area contributed by atoms with Gasteiger partial charge in [-0.1, -0.05) is 25.0 Å². The number of nitrogens with one attached hydrogen (secondary N) is 3. The van der Waals surface area contributed by atoms with Gasteiger partial charge in [0.15, 0.2) is 5.69 Å². The minimum atomic E-state index is -5.07. The lowest BCUT2D eigenvalue weighted by molar-refractivity contribution is -0.142. The number of nitrogens with zero attached hydrogens (tertiary/aromatic N) is 3. The van der Waals surface area contributed by atoms with E-state index in [2.05, 4.69) is 37.5 Å². The summed E-state index contributed by atoms with van der Waals surface area (Å²) in [6.07, 6.45) is -4.63. The van der Waals surface area contributed by atoms with Crippen LogP contribution in [0.15, 0.2) is 71.7 Å². The molecule has 0 saturated carbocycles. The number of hydrogen-bond acceptors (Lipinski definition) is 5. The zero-order chi connectivity index (χ0) is 38.5. The molecule has 1 aliphatic carbocycles. The van der Waals surface area contributed by atoms with Crippen molar-refractivity contribution in [3.63, 3.8) is 0 Å². The number of H-pyrrole nitrogens is 1. The zero-order valence-corrected chi connectivity index (χ0v) is 28.0. The number of rotatable bonds is 7. The van der Waals surface area contributed by atoms with Crippen LogP contribution < -0.4 is 16.2 Å². The Balaban J connectivity index is 1.33. The van der Waals surface area contributed by atoms with E-state index in [-0.39, 0.29) is 34.8 Å². The first-order valence-electron chi connectivity index (χ1n) is 16.5. The molecule has 0 saturated heterocycles. The summed E-state index contributed by atoms with van der Waals surface area (Å²) < 4.78 is 101. The van der Waals surface area contributed by atoms with Crippen LogP contribution in [0.1, 0.15) is 68.4 Å². The van der Waals surface area contributed by atoms with E-state index in [4.69, 9.17) is 0 Å². The van der Waals surface area contributed by atoms with Crippen LogP contribution in [0.5, 0.6) is 0 Å². The van der Waals surface area contributed by atoms with Crippen LogP contribution in [-0.4, -0.2) is 31.6 Å². The fraction of sp³-hybridized carbons (Fsp3) is 0.237. The number of fused-ring (bicyclic) bond motifs is 2. The van der Waals surface area contributed by atoms with Gasteiger partial charge in [-0.15, -0.1) is 0 Å². The molecule has 0 spiro atoms. The van der Waals surface area contributed by atoms with E-state index in [1.165, 1.54) is 18.3 Å². The molecule has 3 N–H and O–H groups in total. The molecule has 0 fully saturated rings. The quantitative estimate of drug-likeness (QED) is 0.140. The monoisotopic (exact) mass is 748 g/mol. The van der Waals surface area contributed by atoms with Gasteiger partial charge in [-0.25, -0.2) is 13.8 Å².